The smallest absolute Gasteiger partial charge is 0.0279 e. The molecule has 0 radical (unpaired) electrons. The normalized spacial score (nSPS) is 10.9. The molecule has 0 aromatic heterocycles. The Hall–Kier alpha value is -0.780. The van der Waals surface area contributed by atoms with Crippen LogP contribution in [-0.4, -0.2) is 0 Å². The number of hydrogen-bond acceptors (Lipinski definition) is 0. The van der Waals surface area contributed by atoms with Gasteiger partial charge in [-0.25, -0.2) is 0 Å². The summed E-state index contributed by atoms with van der Waals surface area (Å²) in [6.45, 7) is 6.80. The van der Waals surface area contributed by atoms with Crippen molar-refractivity contribution < 1.29 is 0 Å². The van der Waals surface area contributed by atoms with Gasteiger partial charge in [0.1, 0.15) is 0 Å². The molecule has 0 unspecified atom stereocenters. The lowest BCUT2D eigenvalue weighted by atomic mass is 10.0. The first kappa shape index (κ1) is 11.3. The van der Waals surface area contributed by atoms with Crippen molar-refractivity contribution in [2.24, 2.45) is 5.92 Å². The first-order valence-electron chi connectivity index (χ1n) is 5.80. The van der Waals surface area contributed by atoms with Crippen LogP contribution in [0.2, 0.25) is 0 Å². The Balaban J connectivity index is 2.42. The topological polar surface area (TPSA) is 0 Å². The Bertz CT molecular complexity index is 260. The van der Waals surface area contributed by atoms with E-state index < -0.39 is 0 Å². The van der Waals surface area contributed by atoms with Crippen LogP contribution in [0.5, 0.6) is 0 Å². The third kappa shape index (κ3) is 3.95. The molecule has 14 heavy (non-hydrogen) atoms. The molecule has 0 amide bonds. The highest BCUT2D eigenvalue weighted by Crippen LogP contribution is 2.11. The monoisotopic (exact) mass is 190 g/mol. The zero-order valence-corrected chi connectivity index (χ0v) is 9.72. The average molecular weight is 190 g/mol. The van der Waals surface area contributed by atoms with Crippen LogP contribution < -0.4 is 0 Å². The van der Waals surface area contributed by atoms with Crippen LogP contribution in [0.15, 0.2) is 24.3 Å². The van der Waals surface area contributed by atoms with E-state index in [1.807, 2.05) is 0 Å². The Morgan fingerprint density at radius 3 is 2.50 bits per heavy atom. The Morgan fingerprint density at radius 2 is 1.86 bits per heavy atom. The fourth-order valence-electron chi connectivity index (χ4n) is 1.72. The second-order valence-electron chi connectivity index (χ2n) is 4.46. The van der Waals surface area contributed by atoms with Crippen LogP contribution in [0.3, 0.4) is 0 Å². The van der Waals surface area contributed by atoms with Crippen LogP contribution in [0, 0.1) is 5.92 Å². The summed E-state index contributed by atoms with van der Waals surface area (Å²) in [6.07, 6.45) is 5.06. The number of hydrogen-bond donors (Lipinski definition) is 0. The second kappa shape index (κ2) is 5.85. The van der Waals surface area contributed by atoms with E-state index >= 15 is 0 Å². The van der Waals surface area contributed by atoms with Crippen LogP contribution in [0.1, 0.15) is 44.7 Å². The van der Waals surface area contributed by atoms with Crippen LogP contribution in [0.25, 0.3) is 0 Å². The van der Waals surface area contributed by atoms with Crippen molar-refractivity contribution in [3.63, 3.8) is 0 Å². The average Bonchev–Trinajstić information content (AvgIpc) is 2.18. The molecule has 0 heterocycles. The summed E-state index contributed by atoms with van der Waals surface area (Å²) < 4.78 is 0. The van der Waals surface area contributed by atoms with E-state index in [1.165, 1.54) is 30.4 Å². The molecule has 1 aromatic carbocycles. The van der Waals surface area contributed by atoms with E-state index in [0.29, 0.717) is 0 Å². The number of aryl methyl sites for hydroxylation is 2. The van der Waals surface area contributed by atoms with Gasteiger partial charge in [-0.3, -0.25) is 0 Å². The van der Waals surface area contributed by atoms with Crippen LogP contribution in [-0.2, 0) is 12.8 Å². The van der Waals surface area contributed by atoms with Gasteiger partial charge < -0.3 is 0 Å². The Labute approximate surface area is 88.4 Å². The summed E-state index contributed by atoms with van der Waals surface area (Å²) in [5.74, 6) is 0.837. The van der Waals surface area contributed by atoms with E-state index in [-0.39, 0.29) is 0 Å². The van der Waals surface area contributed by atoms with Crippen molar-refractivity contribution >= 4 is 0 Å². The van der Waals surface area contributed by atoms with Gasteiger partial charge in [0.2, 0.25) is 0 Å². The van der Waals surface area contributed by atoms with Gasteiger partial charge in [0, 0.05) is 0 Å². The van der Waals surface area contributed by atoms with E-state index in [0.717, 1.165) is 12.3 Å². The Kier molecular flexibility index (Phi) is 4.72. The van der Waals surface area contributed by atoms with E-state index in [4.69, 9.17) is 0 Å². The zero-order valence-electron chi connectivity index (χ0n) is 9.72. The van der Waals surface area contributed by atoms with Crippen molar-refractivity contribution in [1.29, 1.82) is 0 Å². The molecule has 0 bridgehead atoms. The van der Waals surface area contributed by atoms with Gasteiger partial charge in [0.15, 0.2) is 0 Å². The molecule has 0 aliphatic carbocycles. The summed E-state index contributed by atoms with van der Waals surface area (Å²) in [5.41, 5.74) is 2.97. The van der Waals surface area contributed by atoms with E-state index in [9.17, 15) is 0 Å². The molecule has 0 saturated heterocycles. The third-order valence-electron chi connectivity index (χ3n) is 2.65. The molecular weight excluding hydrogens is 168 g/mol. The van der Waals surface area contributed by atoms with Gasteiger partial charge in [-0.05, 0) is 36.3 Å². The molecule has 0 aliphatic heterocycles. The van der Waals surface area contributed by atoms with Gasteiger partial charge >= 0.3 is 0 Å². The van der Waals surface area contributed by atoms with Crippen molar-refractivity contribution in [1.82, 2.24) is 0 Å². The molecule has 0 spiro atoms. The predicted molar refractivity (Wildman–Crippen MR) is 63.6 cm³/mol. The predicted octanol–water partition coefficient (Wildman–Crippen LogP) is 4.23. The molecule has 0 N–H and O–H groups in total. The molecule has 1 aromatic rings. The zero-order chi connectivity index (χ0) is 10.4. The van der Waals surface area contributed by atoms with Gasteiger partial charge in [0.05, 0.1) is 0 Å². The maximum Gasteiger partial charge on any atom is -0.0279 e. The summed E-state index contributed by atoms with van der Waals surface area (Å²) in [7, 11) is 0. The van der Waals surface area contributed by atoms with Crippen molar-refractivity contribution in [3.05, 3.63) is 35.4 Å². The van der Waals surface area contributed by atoms with Crippen molar-refractivity contribution in [2.75, 3.05) is 0 Å². The lowest BCUT2D eigenvalue weighted by Gasteiger charge is -2.05. The van der Waals surface area contributed by atoms with Gasteiger partial charge in [-0.2, -0.15) is 0 Å². The van der Waals surface area contributed by atoms with Gasteiger partial charge in [-0.15, -0.1) is 0 Å². The first-order chi connectivity index (χ1) is 6.72. The maximum atomic E-state index is 2.35. The van der Waals surface area contributed by atoms with E-state index in [1.54, 1.807) is 0 Å². The lowest BCUT2D eigenvalue weighted by Crippen LogP contribution is -1.91. The van der Waals surface area contributed by atoms with E-state index in [2.05, 4.69) is 45.0 Å². The summed E-state index contributed by atoms with van der Waals surface area (Å²) in [4.78, 5) is 0. The van der Waals surface area contributed by atoms with Crippen molar-refractivity contribution in [3.8, 4) is 0 Å². The molecule has 0 heteroatoms. The number of benzene rings is 1. The summed E-state index contributed by atoms with van der Waals surface area (Å²) in [6, 6.07) is 9.00. The Morgan fingerprint density at radius 1 is 1.14 bits per heavy atom. The lowest BCUT2D eigenvalue weighted by molar-refractivity contribution is 0.556. The molecule has 0 fully saturated rings. The van der Waals surface area contributed by atoms with Gasteiger partial charge in [0.25, 0.3) is 0 Å². The van der Waals surface area contributed by atoms with Crippen molar-refractivity contribution in [2.45, 2.75) is 46.5 Å². The fraction of sp³-hybridized carbons (Fsp3) is 0.571. The highest BCUT2D eigenvalue weighted by Gasteiger charge is 1.97. The molecule has 78 valence electrons. The first-order valence-corrected chi connectivity index (χ1v) is 5.80. The highest BCUT2D eigenvalue weighted by molar-refractivity contribution is 5.23. The minimum Gasteiger partial charge on any atom is -0.0628 e. The molecular formula is C14H22. The summed E-state index contributed by atoms with van der Waals surface area (Å²) >= 11 is 0. The minimum absolute atomic E-state index is 0.837. The van der Waals surface area contributed by atoms with Crippen LogP contribution >= 0.6 is 0 Å². The minimum atomic E-state index is 0.837. The van der Waals surface area contributed by atoms with Gasteiger partial charge in [-0.1, -0.05) is 51.5 Å². The van der Waals surface area contributed by atoms with Crippen LogP contribution in [0.4, 0.5) is 0 Å². The fourth-order valence-corrected chi connectivity index (χ4v) is 1.72. The molecule has 0 saturated carbocycles. The second-order valence-corrected chi connectivity index (χ2v) is 4.46. The molecule has 0 aliphatic rings. The largest absolute Gasteiger partial charge is 0.0628 e. The highest BCUT2D eigenvalue weighted by atomic mass is 14.0. The standard InChI is InChI=1S/C14H22/c1-4-13-8-6-10-14(11-13)9-5-7-12(2)3/h6,8,10-12H,4-5,7,9H2,1-3H3. The number of rotatable bonds is 5. The SMILES string of the molecule is CCc1cccc(CCCC(C)C)c1. The summed E-state index contributed by atoms with van der Waals surface area (Å²) in [5, 5.41) is 0. The maximum absolute atomic E-state index is 2.35. The quantitative estimate of drug-likeness (QED) is 0.652. The molecule has 0 nitrogen and oxygen atoms in total. The molecule has 0 atom stereocenters. The third-order valence-corrected chi connectivity index (χ3v) is 2.65. The molecule has 1 rings (SSSR count).